The van der Waals surface area contributed by atoms with E-state index in [9.17, 15) is 4.79 Å². The first-order valence-corrected chi connectivity index (χ1v) is 5.04. The Labute approximate surface area is 92.4 Å². The number of aliphatic carboxylic acids is 1. The van der Waals surface area contributed by atoms with E-state index in [0.717, 1.165) is 0 Å². The lowest BCUT2D eigenvalue weighted by molar-refractivity contribution is -0.139. The normalized spacial score (nSPS) is 25.3. The molecule has 2 atom stereocenters. The minimum absolute atomic E-state index is 0.0386. The van der Waals surface area contributed by atoms with Gasteiger partial charge in [0.05, 0.1) is 5.92 Å². The topological polar surface area (TPSA) is 37.3 Å². The molecule has 84 valence electrons. The average Bonchev–Trinajstić information content (AvgIpc) is 2.52. The first-order valence-electron chi connectivity index (χ1n) is 5.04. The molecular formula is C13H20O2. The van der Waals surface area contributed by atoms with Crippen molar-refractivity contribution in [1.82, 2.24) is 0 Å². The zero-order valence-electron chi connectivity index (χ0n) is 10.2. The van der Waals surface area contributed by atoms with E-state index in [2.05, 4.69) is 18.4 Å². The number of hydrogen-bond donors (Lipinski definition) is 1. The van der Waals surface area contributed by atoms with Crippen molar-refractivity contribution in [3.05, 3.63) is 11.6 Å². The van der Waals surface area contributed by atoms with Crippen molar-refractivity contribution >= 4 is 5.97 Å². The third-order valence-electron chi connectivity index (χ3n) is 2.69. The van der Waals surface area contributed by atoms with Crippen LogP contribution in [0.25, 0.3) is 0 Å². The maximum Gasteiger partial charge on any atom is 0.307 e. The van der Waals surface area contributed by atoms with Gasteiger partial charge in [-0.3, -0.25) is 4.79 Å². The van der Waals surface area contributed by atoms with Crippen LogP contribution in [0.1, 0.15) is 34.6 Å². The molecule has 15 heavy (non-hydrogen) atoms. The van der Waals surface area contributed by atoms with Gasteiger partial charge in [0, 0.05) is 0 Å². The second-order valence-electron chi connectivity index (χ2n) is 4.70. The van der Waals surface area contributed by atoms with Gasteiger partial charge in [-0.1, -0.05) is 25.5 Å². The maximum atomic E-state index is 10.7. The third kappa shape index (κ3) is 3.43. The van der Waals surface area contributed by atoms with Crippen molar-refractivity contribution in [3.8, 4) is 12.3 Å². The number of carbonyl (C=O) groups is 1. The molecule has 0 heterocycles. The van der Waals surface area contributed by atoms with Crippen molar-refractivity contribution in [2.24, 2.45) is 17.3 Å². The number of terminal acetylenes is 1. The minimum Gasteiger partial charge on any atom is -0.481 e. The van der Waals surface area contributed by atoms with Crippen LogP contribution in [0.5, 0.6) is 0 Å². The van der Waals surface area contributed by atoms with Crippen LogP contribution in [0.3, 0.4) is 0 Å². The molecule has 0 aromatic heterocycles. The van der Waals surface area contributed by atoms with E-state index in [1.807, 2.05) is 27.7 Å². The Morgan fingerprint density at radius 1 is 1.47 bits per heavy atom. The van der Waals surface area contributed by atoms with Crippen LogP contribution in [-0.4, -0.2) is 11.1 Å². The fourth-order valence-corrected chi connectivity index (χ4v) is 1.82. The summed E-state index contributed by atoms with van der Waals surface area (Å²) < 4.78 is 0. The molecule has 2 nitrogen and oxygen atoms in total. The summed E-state index contributed by atoms with van der Waals surface area (Å²) in [6, 6.07) is 0. The summed E-state index contributed by atoms with van der Waals surface area (Å²) in [5.74, 6) is 1.65. The first kappa shape index (κ1) is 13.8. The van der Waals surface area contributed by atoms with Gasteiger partial charge in [-0.2, -0.15) is 0 Å². The van der Waals surface area contributed by atoms with E-state index in [0.29, 0.717) is 0 Å². The van der Waals surface area contributed by atoms with Crippen LogP contribution in [-0.2, 0) is 4.79 Å². The number of hydrogen-bond acceptors (Lipinski definition) is 1. The molecule has 0 amide bonds. The fourth-order valence-electron chi connectivity index (χ4n) is 1.82. The average molecular weight is 208 g/mol. The highest BCUT2D eigenvalue weighted by molar-refractivity contribution is 5.76. The zero-order valence-corrected chi connectivity index (χ0v) is 10.2. The van der Waals surface area contributed by atoms with E-state index in [-0.39, 0.29) is 17.3 Å². The molecular weight excluding hydrogens is 188 g/mol. The van der Waals surface area contributed by atoms with Gasteiger partial charge in [-0.25, -0.2) is 0 Å². The van der Waals surface area contributed by atoms with E-state index in [1.54, 1.807) is 6.92 Å². The van der Waals surface area contributed by atoms with Crippen molar-refractivity contribution < 1.29 is 9.90 Å². The number of allylic oxidation sites excluding steroid dienone is 2. The fraction of sp³-hybridized carbons (Fsp3) is 0.615. The van der Waals surface area contributed by atoms with Crippen LogP contribution in [0.2, 0.25) is 0 Å². The zero-order chi connectivity index (χ0) is 12.2. The Morgan fingerprint density at radius 2 is 1.87 bits per heavy atom. The third-order valence-corrected chi connectivity index (χ3v) is 2.69. The maximum absolute atomic E-state index is 10.7. The molecule has 1 aliphatic carbocycles. The highest BCUT2D eigenvalue weighted by Crippen LogP contribution is 2.59. The lowest BCUT2D eigenvalue weighted by atomic mass is 10.1. The SMILES string of the molecule is C#CC.CC(C)=CC1C(C(=O)O)C1(C)C. The van der Waals surface area contributed by atoms with Crippen LogP contribution in [0, 0.1) is 29.6 Å². The molecule has 2 unspecified atom stereocenters. The molecule has 1 N–H and O–H groups in total. The molecule has 0 bridgehead atoms. The Morgan fingerprint density at radius 3 is 2.07 bits per heavy atom. The predicted molar refractivity (Wildman–Crippen MR) is 62.3 cm³/mol. The second kappa shape index (κ2) is 5.02. The Bertz CT molecular complexity index is 301. The molecule has 1 rings (SSSR count). The summed E-state index contributed by atoms with van der Waals surface area (Å²) in [5.41, 5.74) is 1.17. The van der Waals surface area contributed by atoms with E-state index in [4.69, 9.17) is 5.11 Å². The number of carboxylic acids is 1. The number of rotatable bonds is 2. The molecule has 1 aliphatic rings. The Hall–Kier alpha value is -1.23. The highest BCUT2D eigenvalue weighted by atomic mass is 16.4. The van der Waals surface area contributed by atoms with Gasteiger partial charge in [-0.15, -0.1) is 12.3 Å². The molecule has 0 aromatic rings. The van der Waals surface area contributed by atoms with Crippen molar-refractivity contribution in [3.63, 3.8) is 0 Å². The summed E-state index contributed by atoms with van der Waals surface area (Å²) in [4.78, 5) is 10.7. The monoisotopic (exact) mass is 208 g/mol. The quantitative estimate of drug-likeness (QED) is 0.559. The predicted octanol–water partition coefficient (Wildman–Crippen LogP) is 2.95. The molecule has 1 saturated carbocycles. The molecule has 0 aliphatic heterocycles. The van der Waals surface area contributed by atoms with Gasteiger partial charge in [0.1, 0.15) is 0 Å². The van der Waals surface area contributed by atoms with Crippen molar-refractivity contribution in [2.75, 3.05) is 0 Å². The smallest absolute Gasteiger partial charge is 0.307 e. The lowest BCUT2D eigenvalue weighted by Crippen LogP contribution is -2.02. The van der Waals surface area contributed by atoms with Gasteiger partial charge < -0.3 is 5.11 Å². The van der Waals surface area contributed by atoms with Crippen LogP contribution < -0.4 is 0 Å². The molecule has 1 fully saturated rings. The largest absolute Gasteiger partial charge is 0.481 e. The van der Waals surface area contributed by atoms with Gasteiger partial charge in [0.15, 0.2) is 0 Å². The van der Waals surface area contributed by atoms with Gasteiger partial charge in [0.2, 0.25) is 0 Å². The summed E-state index contributed by atoms with van der Waals surface area (Å²) >= 11 is 0. The molecule has 0 radical (unpaired) electrons. The van der Waals surface area contributed by atoms with E-state index >= 15 is 0 Å². The standard InChI is InChI=1S/C10H16O2.C3H4/c1-6(2)5-7-8(9(11)12)10(7,3)4;1-3-2/h5,7-8H,1-4H3,(H,11,12);1H,2H3. The van der Waals surface area contributed by atoms with Crippen molar-refractivity contribution in [1.29, 1.82) is 0 Å². The first-order chi connectivity index (χ1) is 6.78. The van der Waals surface area contributed by atoms with Crippen LogP contribution in [0.4, 0.5) is 0 Å². The van der Waals surface area contributed by atoms with Crippen LogP contribution >= 0.6 is 0 Å². The lowest BCUT2D eigenvalue weighted by Gasteiger charge is -1.96. The summed E-state index contributed by atoms with van der Waals surface area (Å²) in [6.07, 6.45) is 6.67. The van der Waals surface area contributed by atoms with Gasteiger partial charge in [0.25, 0.3) is 0 Å². The Balaban J connectivity index is 0.000000583. The van der Waals surface area contributed by atoms with E-state index in [1.165, 1.54) is 5.57 Å². The molecule has 0 spiro atoms. The van der Waals surface area contributed by atoms with Crippen LogP contribution in [0.15, 0.2) is 11.6 Å². The Kier molecular flexibility index (Phi) is 4.61. The highest BCUT2D eigenvalue weighted by Gasteiger charge is 2.60. The van der Waals surface area contributed by atoms with Gasteiger partial charge >= 0.3 is 5.97 Å². The minimum atomic E-state index is -0.664. The summed E-state index contributed by atoms with van der Waals surface area (Å²) in [6.45, 7) is 9.69. The summed E-state index contributed by atoms with van der Waals surface area (Å²) in [7, 11) is 0. The van der Waals surface area contributed by atoms with Gasteiger partial charge in [-0.05, 0) is 32.1 Å². The number of carboxylic acid groups (broad SMARTS) is 1. The molecule has 0 aromatic carbocycles. The molecule has 0 saturated heterocycles. The van der Waals surface area contributed by atoms with E-state index < -0.39 is 5.97 Å². The molecule has 2 heteroatoms. The second-order valence-corrected chi connectivity index (χ2v) is 4.70. The summed E-state index contributed by atoms with van der Waals surface area (Å²) in [5, 5.41) is 8.84. The van der Waals surface area contributed by atoms with Crippen molar-refractivity contribution in [2.45, 2.75) is 34.6 Å².